The Labute approximate surface area is 122 Å². The molecule has 1 saturated carbocycles. The molecule has 1 heteroatoms. The van der Waals surface area contributed by atoms with Crippen molar-refractivity contribution in [3.8, 4) is 11.8 Å². The van der Waals surface area contributed by atoms with Gasteiger partial charge in [-0.1, -0.05) is 49.3 Å². The number of ketones is 1. The first-order valence-corrected chi connectivity index (χ1v) is 7.93. The normalized spacial score (nSPS) is 19.6. The summed E-state index contributed by atoms with van der Waals surface area (Å²) >= 11 is 0. The number of Topliss-reactive ketones (excluding diaryl/α,β-unsaturated/α-hetero) is 1. The molecule has 0 heterocycles. The second-order valence-corrected chi connectivity index (χ2v) is 5.68. The predicted octanol–water partition coefficient (Wildman–Crippen LogP) is 4.75. The van der Waals surface area contributed by atoms with Crippen LogP contribution in [-0.4, -0.2) is 5.78 Å². The summed E-state index contributed by atoms with van der Waals surface area (Å²) in [6, 6.07) is 10.1. The Morgan fingerprint density at radius 2 is 1.85 bits per heavy atom. The molecular formula is C19H24O. The lowest BCUT2D eigenvalue weighted by Crippen LogP contribution is -2.16. The van der Waals surface area contributed by atoms with Gasteiger partial charge in [0.15, 0.2) is 0 Å². The number of carbonyl (C=O) groups excluding carboxylic acids is 1. The molecule has 0 bridgehead atoms. The summed E-state index contributed by atoms with van der Waals surface area (Å²) in [4.78, 5) is 12.0. The van der Waals surface area contributed by atoms with E-state index in [1.165, 1.54) is 19.3 Å². The Bertz CT molecular complexity index is 464. The summed E-state index contributed by atoms with van der Waals surface area (Å²) in [6.07, 6.45) is 9.76. The number of hydrogen-bond donors (Lipinski definition) is 0. The molecule has 1 aliphatic carbocycles. The first-order valence-electron chi connectivity index (χ1n) is 7.93. The average molecular weight is 268 g/mol. The molecule has 0 spiro atoms. The molecule has 2 rings (SSSR count). The van der Waals surface area contributed by atoms with Crippen LogP contribution in [0.2, 0.25) is 0 Å². The van der Waals surface area contributed by atoms with E-state index in [0.29, 0.717) is 11.7 Å². The molecule has 1 atom stereocenters. The molecule has 1 nitrogen and oxygen atoms in total. The van der Waals surface area contributed by atoms with E-state index in [1.54, 1.807) is 0 Å². The van der Waals surface area contributed by atoms with Gasteiger partial charge in [0.25, 0.3) is 0 Å². The van der Waals surface area contributed by atoms with E-state index >= 15 is 0 Å². The van der Waals surface area contributed by atoms with Gasteiger partial charge in [0.2, 0.25) is 0 Å². The molecule has 0 amide bonds. The first kappa shape index (κ1) is 14.9. The van der Waals surface area contributed by atoms with Crippen molar-refractivity contribution in [3.63, 3.8) is 0 Å². The maximum atomic E-state index is 12.0. The van der Waals surface area contributed by atoms with E-state index in [4.69, 9.17) is 0 Å². The third-order valence-electron chi connectivity index (χ3n) is 4.04. The number of benzene rings is 1. The monoisotopic (exact) mass is 268 g/mol. The molecule has 0 saturated heterocycles. The quantitative estimate of drug-likeness (QED) is 0.571. The Kier molecular flexibility index (Phi) is 6.38. The van der Waals surface area contributed by atoms with Crippen molar-refractivity contribution in [2.75, 3.05) is 0 Å². The Morgan fingerprint density at radius 3 is 2.70 bits per heavy atom. The number of rotatable bonds is 3. The van der Waals surface area contributed by atoms with Crippen LogP contribution in [0.5, 0.6) is 0 Å². The van der Waals surface area contributed by atoms with Crippen molar-refractivity contribution < 1.29 is 4.79 Å². The second kappa shape index (κ2) is 8.59. The van der Waals surface area contributed by atoms with Crippen LogP contribution in [0.15, 0.2) is 30.3 Å². The lowest BCUT2D eigenvalue weighted by Gasteiger charge is -2.17. The summed E-state index contributed by atoms with van der Waals surface area (Å²) in [6.45, 7) is 0. The standard InChI is InChI=1S/C19H24O/c20-19-16-10-2-1-8-14-18(19)15-9-4-7-13-17-11-5-3-6-12-17/h3,5-6,11-12,18H,1-2,4,8-10,14-16H2. The fourth-order valence-electron chi connectivity index (χ4n) is 2.84. The Balaban J connectivity index is 1.72. The van der Waals surface area contributed by atoms with E-state index in [2.05, 4.69) is 11.8 Å². The molecule has 20 heavy (non-hydrogen) atoms. The molecule has 1 aromatic rings. The minimum absolute atomic E-state index is 0.314. The highest BCUT2D eigenvalue weighted by Crippen LogP contribution is 2.23. The molecule has 1 fully saturated rings. The van der Waals surface area contributed by atoms with Crippen LogP contribution < -0.4 is 0 Å². The maximum absolute atomic E-state index is 12.0. The van der Waals surface area contributed by atoms with Gasteiger partial charge >= 0.3 is 0 Å². The zero-order valence-electron chi connectivity index (χ0n) is 12.2. The smallest absolute Gasteiger partial charge is 0.135 e. The van der Waals surface area contributed by atoms with Crippen molar-refractivity contribution in [2.24, 2.45) is 5.92 Å². The molecule has 1 aromatic carbocycles. The van der Waals surface area contributed by atoms with Crippen LogP contribution in [0.25, 0.3) is 0 Å². The largest absolute Gasteiger partial charge is 0.299 e. The van der Waals surface area contributed by atoms with Crippen LogP contribution in [0, 0.1) is 17.8 Å². The van der Waals surface area contributed by atoms with E-state index in [0.717, 1.165) is 44.1 Å². The van der Waals surface area contributed by atoms with Crippen molar-refractivity contribution in [3.05, 3.63) is 35.9 Å². The maximum Gasteiger partial charge on any atom is 0.135 e. The highest BCUT2D eigenvalue weighted by molar-refractivity contribution is 5.80. The fourth-order valence-corrected chi connectivity index (χ4v) is 2.84. The van der Waals surface area contributed by atoms with Crippen molar-refractivity contribution >= 4 is 5.78 Å². The number of unbranched alkanes of at least 4 members (excludes halogenated alkanes) is 1. The van der Waals surface area contributed by atoms with Gasteiger partial charge in [-0.25, -0.2) is 0 Å². The molecule has 0 aromatic heterocycles. The number of hydrogen-bond acceptors (Lipinski definition) is 1. The van der Waals surface area contributed by atoms with Gasteiger partial charge in [0, 0.05) is 24.3 Å². The third kappa shape index (κ3) is 5.21. The molecule has 0 radical (unpaired) electrons. The number of carbonyl (C=O) groups is 1. The highest BCUT2D eigenvalue weighted by Gasteiger charge is 2.18. The zero-order valence-corrected chi connectivity index (χ0v) is 12.2. The zero-order chi connectivity index (χ0) is 14.0. The van der Waals surface area contributed by atoms with Crippen LogP contribution >= 0.6 is 0 Å². The summed E-state index contributed by atoms with van der Waals surface area (Å²) in [5.74, 6) is 7.22. The predicted molar refractivity (Wildman–Crippen MR) is 83.4 cm³/mol. The van der Waals surface area contributed by atoms with Gasteiger partial charge < -0.3 is 0 Å². The molecule has 0 N–H and O–H groups in total. The lowest BCUT2D eigenvalue weighted by atomic mass is 9.86. The molecular weight excluding hydrogens is 244 g/mol. The van der Waals surface area contributed by atoms with Crippen molar-refractivity contribution in [2.45, 2.75) is 57.8 Å². The van der Waals surface area contributed by atoms with E-state index < -0.39 is 0 Å². The summed E-state index contributed by atoms with van der Waals surface area (Å²) in [5.41, 5.74) is 1.08. The third-order valence-corrected chi connectivity index (χ3v) is 4.04. The van der Waals surface area contributed by atoms with Gasteiger partial charge in [-0.05, 0) is 37.8 Å². The van der Waals surface area contributed by atoms with E-state index in [-0.39, 0.29) is 0 Å². The summed E-state index contributed by atoms with van der Waals surface area (Å²) in [5, 5.41) is 0. The molecule has 106 valence electrons. The molecule has 1 unspecified atom stereocenters. The van der Waals surface area contributed by atoms with Crippen molar-refractivity contribution in [1.82, 2.24) is 0 Å². The SMILES string of the molecule is O=C1CCCCCCC1CCCC#Cc1ccccc1. The molecule has 0 aliphatic heterocycles. The van der Waals surface area contributed by atoms with Crippen molar-refractivity contribution in [1.29, 1.82) is 0 Å². The van der Waals surface area contributed by atoms with Crippen LogP contribution in [-0.2, 0) is 4.79 Å². The molecule has 1 aliphatic rings. The highest BCUT2D eigenvalue weighted by atomic mass is 16.1. The topological polar surface area (TPSA) is 17.1 Å². The van der Waals surface area contributed by atoms with Gasteiger partial charge in [-0.3, -0.25) is 4.79 Å². The van der Waals surface area contributed by atoms with E-state index in [1.807, 2.05) is 30.3 Å². The Hall–Kier alpha value is -1.55. The average Bonchev–Trinajstić information content (AvgIpc) is 2.46. The van der Waals surface area contributed by atoms with Crippen LogP contribution in [0.3, 0.4) is 0 Å². The first-order chi connectivity index (χ1) is 9.86. The van der Waals surface area contributed by atoms with Gasteiger partial charge in [-0.15, -0.1) is 0 Å². The summed E-state index contributed by atoms with van der Waals surface area (Å²) in [7, 11) is 0. The van der Waals surface area contributed by atoms with E-state index in [9.17, 15) is 4.79 Å². The van der Waals surface area contributed by atoms with Gasteiger partial charge in [0.1, 0.15) is 5.78 Å². The minimum atomic E-state index is 0.314. The lowest BCUT2D eigenvalue weighted by molar-refractivity contribution is -0.123. The summed E-state index contributed by atoms with van der Waals surface area (Å²) < 4.78 is 0. The fraction of sp³-hybridized carbons (Fsp3) is 0.526. The van der Waals surface area contributed by atoms with Crippen LogP contribution in [0.4, 0.5) is 0 Å². The van der Waals surface area contributed by atoms with Crippen LogP contribution in [0.1, 0.15) is 63.4 Å². The minimum Gasteiger partial charge on any atom is -0.299 e. The second-order valence-electron chi connectivity index (χ2n) is 5.68. The van der Waals surface area contributed by atoms with Gasteiger partial charge in [-0.2, -0.15) is 0 Å². The Morgan fingerprint density at radius 1 is 1.05 bits per heavy atom. The van der Waals surface area contributed by atoms with Gasteiger partial charge in [0.05, 0.1) is 0 Å².